The van der Waals surface area contributed by atoms with E-state index >= 15 is 0 Å². The summed E-state index contributed by atoms with van der Waals surface area (Å²) < 4.78 is 1.38. The van der Waals surface area contributed by atoms with Crippen LogP contribution in [0.2, 0.25) is 0 Å². The number of imidazole rings is 1. The Hall–Kier alpha value is -2.48. The van der Waals surface area contributed by atoms with Gasteiger partial charge in [0.2, 0.25) is 5.65 Å². The number of carboxylic acids is 1. The SMILES string of the molecule is CC(C(=O)O)N(C)Cc1nc2ccccn2c1[N+](=O)[O-]. The molecule has 20 heavy (non-hydrogen) atoms. The summed E-state index contributed by atoms with van der Waals surface area (Å²) in [6.45, 7) is 1.61. The molecule has 0 aliphatic carbocycles. The van der Waals surface area contributed by atoms with E-state index in [1.54, 1.807) is 31.4 Å². The molecule has 0 aliphatic rings. The number of nitrogens with zero attached hydrogens (tertiary/aromatic N) is 4. The van der Waals surface area contributed by atoms with Crippen molar-refractivity contribution in [3.8, 4) is 0 Å². The molecule has 0 spiro atoms. The number of likely N-dealkylation sites (N-methyl/N-ethyl adjacent to an activating group) is 1. The number of aromatic nitrogens is 2. The smallest absolute Gasteiger partial charge is 0.352 e. The number of nitro groups is 1. The second kappa shape index (κ2) is 5.25. The average molecular weight is 278 g/mol. The van der Waals surface area contributed by atoms with E-state index in [2.05, 4.69) is 4.98 Å². The van der Waals surface area contributed by atoms with Crippen molar-refractivity contribution in [3.05, 3.63) is 40.2 Å². The molecular weight excluding hydrogens is 264 g/mol. The van der Waals surface area contributed by atoms with Crippen LogP contribution in [0.4, 0.5) is 5.82 Å². The van der Waals surface area contributed by atoms with Gasteiger partial charge in [0, 0.05) is 12.6 Å². The first-order chi connectivity index (χ1) is 9.41. The van der Waals surface area contributed by atoms with Crippen LogP contribution in [-0.2, 0) is 11.3 Å². The maximum absolute atomic E-state index is 11.2. The molecule has 0 aromatic carbocycles. The summed E-state index contributed by atoms with van der Waals surface area (Å²) in [6, 6.07) is 4.32. The number of carbonyl (C=O) groups is 1. The molecule has 0 bridgehead atoms. The Bertz CT molecular complexity index is 667. The Balaban J connectivity index is 2.41. The van der Waals surface area contributed by atoms with Crippen LogP contribution >= 0.6 is 0 Å². The lowest BCUT2D eigenvalue weighted by molar-refractivity contribution is -0.391. The van der Waals surface area contributed by atoms with Crippen LogP contribution in [-0.4, -0.2) is 43.4 Å². The van der Waals surface area contributed by atoms with Crippen LogP contribution < -0.4 is 0 Å². The molecule has 0 fully saturated rings. The summed E-state index contributed by atoms with van der Waals surface area (Å²) >= 11 is 0. The van der Waals surface area contributed by atoms with Gasteiger partial charge in [-0.15, -0.1) is 0 Å². The third-order valence-corrected chi connectivity index (χ3v) is 3.16. The molecule has 2 aromatic heterocycles. The van der Waals surface area contributed by atoms with Gasteiger partial charge in [-0.2, -0.15) is 4.40 Å². The molecule has 0 saturated heterocycles. The van der Waals surface area contributed by atoms with Crippen LogP contribution in [0.3, 0.4) is 0 Å². The van der Waals surface area contributed by atoms with Gasteiger partial charge in [0.05, 0.1) is 6.20 Å². The van der Waals surface area contributed by atoms with Crippen LogP contribution in [0, 0.1) is 10.1 Å². The highest BCUT2D eigenvalue weighted by Crippen LogP contribution is 2.22. The standard InChI is InChI=1S/C12H14N4O4/c1-8(12(17)18)14(2)7-9-11(16(19)20)15-6-4-3-5-10(15)13-9/h3-6,8H,7H2,1-2H3,(H,17,18). The van der Waals surface area contributed by atoms with Crippen molar-refractivity contribution in [3.63, 3.8) is 0 Å². The zero-order valence-corrected chi connectivity index (χ0v) is 11.1. The number of aliphatic carboxylic acids is 1. The van der Waals surface area contributed by atoms with Crippen LogP contribution in [0.5, 0.6) is 0 Å². The Morgan fingerprint density at radius 3 is 2.90 bits per heavy atom. The highest BCUT2D eigenvalue weighted by Gasteiger charge is 2.25. The third kappa shape index (κ3) is 2.45. The van der Waals surface area contributed by atoms with E-state index in [9.17, 15) is 14.9 Å². The predicted octanol–water partition coefficient (Wildman–Crippen LogP) is 1.15. The van der Waals surface area contributed by atoms with Crippen molar-refractivity contribution in [2.75, 3.05) is 7.05 Å². The minimum absolute atomic E-state index is 0.0888. The van der Waals surface area contributed by atoms with Gasteiger partial charge in [-0.05, 0) is 25.0 Å². The summed E-state index contributed by atoms with van der Waals surface area (Å²) in [5.41, 5.74) is 0.711. The molecule has 1 unspecified atom stereocenters. The molecule has 1 atom stereocenters. The summed E-state index contributed by atoms with van der Waals surface area (Å²) in [7, 11) is 1.59. The average Bonchev–Trinajstić information content (AvgIpc) is 2.75. The lowest BCUT2D eigenvalue weighted by Gasteiger charge is -2.19. The van der Waals surface area contributed by atoms with Crippen molar-refractivity contribution in [2.24, 2.45) is 0 Å². The molecule has 106 valence electrons. The van der Waals surface area contributed by atoms with E-state index in [1.165, 1.54) is 16.2 Å². The van der Waals surface area contributed by atoms with Crippen molar-refractivity contribution in [1.29, 1.82) is 0 Å². The highest BCUT2D eigenvalue weighted by molar-refractivity contribution is 5.72. The van der Waals surface area contributed by atoms with Gasteiger partial charge in [-0.25, -0.2) is 4.98 Å². The summed E-state index contributed by atoms with van der Waals surface area (Å²) in [6.07, 6.45) is 1.56. The third-order valence-electron chi connectivity index (χ3n) is 3.16. The molecule has 0 saturated carbocycles. The van der Waals surface area contributed by atoms with E-state index in [-0.39, 0.29) is 18.1 Å². The number of carboxylic acid groups (broad SMARTS) is 1. The molecule has 0 amide bonds. The van der Waals surface area contributed by atoms with Gasteiger partial charge in [-0.1, -0.05) is 6.07 Å². The van der Waals surface area contributed by atoms with Crippen molar-refractivity contribution < 1.29 is 14.8 Å². The van der Waals surface area contributed by atoms with Gasteiger partial charge in [0.25, 0.3) is 0 Å². The summed E-state index contributed by atoms with van der Waals surface area (Å²) in [5, 5.41) is 20.1. The number of hydrogen-bond donors (Lipinski definition) is 1. The fourth-order valence-electron chi connectivity index (χ4n) is 1.89. The molecule has 1 N–H and O–H groups in total. The number of fused-ring (bicyclic) bond motifs is 1. The monoisotopic (exact) mass is 278 g/mol. The normalized spacial score (nSPS) is 12.8. The molecule has 8 nitrogen and oxygen atoms in total. The maximum Gasteiger partial charge on any atom is 0.352 e. The molecule has 0 aliphatic heterocycles. The van der Waals surface area contributed by atoms with Gasteiger partial charge in [0.15, 0.2) is 5.69 Å². The fraction of sp³-hybridized carbons (Fsp3) is 0.333. The highest BCUT2D eigenvalue weighted by atomic mass is 16.6. The molecule has 2 rings (SSSR count). The van der Waals surface area contributed by atoms with E-state index in [4.69, 9.17) is 5.11 Å². The first kappa shape index (κ1) is 13.9. The van der Waals surface area contributed by atoms with Crippen molar-refractivity contribution in [1.82, 2.24) is 14.3 Å². The van der Waals surface area contributed by atoms with Gasteiger partial charge in [-0.3, -0.25) is 9.69 Å². The predicted molar refractivity (Wildman–Crippen MR) is 70.4 cm³/mol. The minimum Gasteiger partial charge on any atom is -0.480 e. The fourth-order valence-corrected chi connectivity index (χ4v) is 1.89. The molecule has 8 heteroatoms. The number of pyridine rings is 1. The molecule has 2 heterocycles. The maximum atomic E-state index is 11.2. The quantitative estimate of drug-likeness (QED) is 0.650. The van der Waals surface area contributed by atoms with E-state index in [1.807, 2.05) is 0 Å². The Kier molecular flexibility index (Phi) is 3.66. The number of hydrogen-bond acceptors (Lipinski definition) is 5. The van der Waals surface area contributed by atoms with Crippen molar-refractivity contribution >= 4 is 17.4 Å². The number of rotatable bonds is 5. The second-order valence-corrected chi connectivity index (χ2v) is 4.50. The zero-order valence-electron chi connectivity index (χ0n) is 11.1. The largest absolute Gasteiger partial charge is 0.480 e. The summed E-state index contributed by atoms with van der Waals surface area (Å²) in [4.78, 5) is 27.3. The van der Waals surface area contributed by atoms with Crippen LogP contribution in [0.15, 0.2) is 24.4 Å². The van der Waals surface area contributed by atoms with Crippen LogP contribution in [0.25, 0.3) is 5.65 Å². The van der Waals surface area contributed by atoms with Gasteiger partial charge in [0.1, 0.15) is 6.04 Å². The van der Waals surface area contributed by atoms with Crippen molar-refractivity contribution in [2.45, 2.75) is 19.5 Å². The van der Waals surface area contributed by atoms with Gasteiger partial charge < -0.3 is 15.2 Å². The molecule has 2 aromatic rings. The van der Waals surface area contributed by atoms with E-state index in [0.29, 0.717) is 5.65 Å². The lowest BCUT2D eigenvalue weighted by atomic mass is 10.3. The summed E-state index contributed by atoms with van der Waals surface area (Å²) in [5.74, 6) is -1.12. The van der Waals surface area contributed by atoms with E-state index < -0.39 is 16.9 Å². The zero-order chi connectivity index (χ0) is 14.9. The molecular formula is C12H14N4O4. The first-order valence-corrected chi connectivity index (χ1v) is 5.95. The van der Waals surface area contributed by atoms with Gasteiger partial charge >= 0.3 is 11.8 Å². The van der Waals surface area contributed by atoms with Crippen LogP contribution in [0.1, 0.15) is 12.6 Å². The topological polar surface area (TPSA) is 101 Å². The second-order valence-electron chi connectivity index (χ2n) is 4.50. The Morgan fingerprint density at radius 2 is 2.30 bits per heavy atom. The Morgan fingerprint density at radius 1 is 1.60 bits per heavy atom. The first-order valence-electron chi connectivity index (χ1n) is 5.95. The lowest BCUT2D eigenvalue weighted by Crippen LogP contribution is -2.35. The minimum atomic E-state index is -0.987. The Labute approximate surface area is 114 Å². The van der Waals surface area contributed by atoms with E-state index in [0.717, 1.165) is 0 Å². The molecule has 0 radical (unpaired) electrons.